The van der Waals surface area contributed by atoms with Crippen LogP contribution in [0.2, 0.25) is 0 Å². The number of amides is 1. The number of carbonyl (C=O) groups excluding carboxylic acids is 1. The van der Waals surface area contributed by atoms with Gasteiger partial charge in [0.15, 0.2) is 0 Å². The van der Waals surface area contributed by atoms with E-state index in [0.717, 1.165) is 11.3 Å². The monoisotopic (exact) mass is 251 g/mol. The Morgan fingerprint density at radius 1 is 1.47 bits per heavy atom. The van der Waals surface area contributed by atoms with Crippen LogP contribution in [0, 0.1) is 0 Å². The highest BCUT2D eigenvalue weighted by Gasteiger charge is 2.36. The molecule has 5 heteroatoms. The van der Waals surface area contributed by atoms with Crippen LogP contribution in [0.3, 0.4) is 0 Å². The molecule has 4 nitrogen and oxygen atoms in total. The molecule has 2 heterocycles. The zero-order valence-corrected chi connectivity index (χ0v) is 10.0. The summed E-state index contributed by atoms with van der Waals surface area (Å²) in [5.41, 5.74) is 1.08. The van der Waals surface area contributed by atoms with E-state index in [9.17, 15) is 9.90 Å². The molecule has 3 rings (SSSR count). The first kappa shape index (κ1) is 11.1. The van der Waals surface area contributed by atoms with Gasteiger partial charge in [0.05, 0.1) is 18.6 Å². The fourth-order valence-electron chi connectivity index (χ4n) is 2.17. The van der Waals surface area contributed by atoms with Crippen molar-refractivity contribution in [2.75, 3.05) is 18.9 Å². The van der Waals surface area contributed by atoms with Gasteiger partial charge in [-0.2, -0.15) is 0 Å². The Kier molecular flexibility index (Phi) is 2.82. The van der Waals surface area contributed by atoms with Crippen molar-refractivity contribution in [2.45, 2.75) is 16.9 Å². The van der Waals surface area contributed by atoms with Gasteiger partial charge in [0.1, 0.15) is 6.61 Å². The van der Waals surface area contributed by atoms with Crippen molar-refractivity contribution >= 4 is 17.7 Å². The molecule has 0 aromatic heterocycles. The Morgan fingerprint density at radius 2 is 2.29 bits per heavy atom. The van der Waals surface area contributed by atoms with Crippen LogP contribution in [-0.4, -0.2) is 41.1 Å². The Labute approximate surface area is 104 Å². The van der Waals surface area contributed by atoms with E-state index >= 15 is 0 Å². The highest BCUT2D eigenvalue weighted by molar-refractivity contribution is 7.99. The van der Waals surface area contributed by atoms with Crippen molar-refractivity contribution in [1.29, 1.82) is 0 Å². The average Bonchev–Trinajstić information content (AvgIpc) is 2.94. The van der Waals surface area contributed by atoms with E-state index in [2.05, 4.69) is 0 Å². The largest absolute Gasteiger partial charge is 0.389 e. The molecule has 1 unspecified atom stereocenters. The maximum atomic E-state index is 12.2. The molecule has 1 fully saturated rings. The fraction of sp³-hybridized carbons (Fsp3) is 0.417. The summed E-state index contributed by atoms with van der Waals surface area (Å²) < 4.78 is 0. The number of hydrogen-bond acceptors (Lipinski definition) is 4. The summed E-state index contributed by atoms with van der Waals surface area (Å²) in [7, 11) is 0. The molecule has 0 saturated carbocycles. The minimum Gasteiger partial charge on any atom is -0.389 e. The van der Waals surface area contributed by atoms with Crippen LogP contribution >= 0.6 is 11.8 Å². The number of hydroxylamine groups is 2. The number of nitrogens with zero attached hydrogens (tertiary/aromatic N) is 1. The maximum absolute atomic E-state index is 12.2. The van der Waals surface area contributed by atoms with E-state index in [0.29, 0.717) is 0 Å². The minimum atomic E-state index is -0.553. The van der Waals surface area contributed by atoms with Crippen LogP contribution in [0.1, 0.15) is 11.5 Å². The van der Waals surface area contributed by atoms with Crippen LogP contribution in [0.15, 0.2) is 29.2 Å². The molecule has 1 aromatic carbocycles. The van der Waals surface area contributed by atoms with E-state index in [4.69, 9.17) is 4.84 Å². The molecule has 0 aliphatic carbocycles. The first-order valence-electron chi connectivity index (χ1n) is 5.60. The summed E-state index contributed by atoms with van der Waals surface area (Å²) >= 11 is 1.70. The first-order chi connectivity index (χ1) is 8.25. The summed E-state index contributed by atoms with van der Waals surface area (Å²) in [6, 6.07) is 7.96. The molecule has 2 aliphatic rings. The van der Waals surface area contributed by atoms with E-state index in [1.54, 1.807) is 11.8 Å². The number of β-amino-alcohol motifs (C(OH)–C–C–N with tert-alkyl or cyclic N) is 1. The number of fused-ring (bicyclic) bond motifs is 1. The SMILES string of the molecule is O=C(C1CSc2ccccc21)N1C[C@@H](O)CO1. The third kappa shape index (κ3) is 1.94. The van der Waals surface area contributed by atoms with Gasteiger partial charge in [-0.05, 0) is 11.6 Å². The topological polar surface area (TPSA) is 49.8 Å². The average molecular weight is 251 g/mol. The van der Waals surface area contributed by atoms with Gasteiger partial charge in [0.25, 0.3) is 5.91 Å². The Bertz CT molecular complexity index is 451. The molecule has 2 aliphatic heterocycles. The second-order valence-electron chi connectivity index (χ2n) is 4.25. The lowest BCUT2D eigenvalue weighted by molar-refractivity contribution is -0.169. The van der Waals surface area contributed by atoms with E-state index < -0.39 is 6.10 Å². The summed E-state index contributed by atoms with van der Waals surface area (Å²) in [5.74, 6) is 0.578. The van der Waals surface area contributed by atoms with Crippen molar-refractivity contribution in [1.82, 2.24) is 5.06 Å². The number of aliphatic hydroxyl groups is 1. The summed E-state index contributed by atoms with van der Waals surface area (Å²) in [6.45, 7) is 0.495. The third-order valence-electron chi connectivity index (χ3n) is 3.04. The van der Waals surface area contributed by atoms with Crippen LogP contribution in [-0.2, 0) is 9.63 Å². The van der Waals surface area contributed by atoms with Crippen molar-refractivity contribution in [3.8, 4) is 0 Å². The van der Waals surface area contributed by atoms with Gasteiger partial charge in [0, 0.05) is 10.6 Å². The van der Waals surface area contributed by atoms with Gasteiger partial charge in [-0.15, -0.1) is 11.8 Å². The number of rotatable bonds is 1. The maximum Gasteiger partial charge on any atom is 0.254 e. The van der Waals surface area contributed by atoms with Gasteiger partial charge in [-0.25, -0.2) is 5.06 Å². The third-order valence-corrected chi connectivity index (χ3v) is 4.23. The Hall–Kier alpha value is -1.04. The number of thioether (sulfide) groups is 1. The van der Waals surface area contributed by atoms with Crippen LogP contribution in [0.25, 0.3) is 0 Å². The van der Waals surface area contributed by atoms with Gasteiger partial charge < -0.3 is 5.11 Å². The molecule has 90 valence electrons. The van der Waals surface area contributed by atoms with Gasteiger partial charge in [0.2, 0.25) is 0 Å². The molecule has 1 aromatic rings. The van der Waals surface area contributed by atoms with E-state index in [-0.39, 0.29) is 25.0 Å². The molecule has 17 heavy (non-hydrogen) atoms. The summed E-state index contributed by atoms with van der Waals surface area (Å²) in [6.07, 6.45) is -0.553. The Morgan fingerprint density at radius 3 is 3.06 bits per heavy atom. The summed E-state index contributed by atoms with van der Waals surface area (Å²) in [4.78, 5) is 18.6. The molecular weight excluding hydrogens is 238 g/mol. The van der Waals surface area contributed by atoms with Gasteiger partial charge in [-0.3, -0.25) is 9.63 Å². The zero-order chi connectivity index (χ0) is 11.8. The lowest BCUT2D eigenvalue weighted by Crippen LogP contribution is -2.33. The smallest absolute Gasteiger partial charge is 0.254 e. The van der Waals surface area contributed by atoms with E-state index in [1.807, 2.05) is 24.3 Å². The van der Waals surface area contributed by atoms with Crippen LogP contribution in [0.5, 0.6) is 0 Å². The second-order valence-corrected chi connectivity index (χ2v) is 5.31. The zero-order valence-electron chi connectivity index (χ0n) is 9.20. The number of aliphatic hydroxyl groups excluding tert-OH is 1. The standard InChI is InChI=1S/C12H13NO3S/c14-8-5-13(16-6-8)12(15)10-7-17-11-4-2-1-3-9(10)11/h1-4,8,10,14H,5-7H2/t8-,10?/m1/s1. The highest BCUT2D eigenvalue weighted by atomic mass is 32.2. The van der Waals surface area contributed by atoms with Crippen molar-refractivity contribution < 1.29 is 14.7 Å². The number of carbonyl (C=O) groups is 1. The summed E-state index contributed by atoms with van der Waals surface area (Å²) in [5, 5.41) is 10.7. The minimum absolute atomic E-state index is 0.0426. The number of hydrogen-bond donors (Lipinski definition) is 1. The van der Waals surface area contributed by atoms with Crippen molar-refractivity contribution in [3.63, 3.8) is 0 Å². The van der Waals surface area contributed by atoms with Crippen molar-refractivity contribution in [3.05, 3.63) is 29.8 Å². The predicted octanol–water partition coefficient (Wildman–Crippen LogP) is 1.01. The molecule has 0 bridgehead atoms. The van der Waals surface area contributed by atoms with E-state index in [1.165, 1.54) is 9.96 Å². The molecule has 1 N–H and O–H groups in total. The molecule has 0 spiro atoms. The molecule has 2 atom stereocenters. The quantitative estimate of drug-likeness (QED) is 0.809. The lowest BCUT2D eigenvalue weighted by Gasteiger charge is -2.18. The van der Waals surface area contributed by atoms with Crippen molar-refractivity contribution in [2.24, 2.45) is 0 Å². The predicted molar refractivity (Wildman–Crippen MR) is 63.6 cm³/mol. The van der Waals surface area contributed by atoms with Gasteiger partial charge >= 0.3 is 0 Å². The first-order valence-corrected chi connectivity index (χ1v) is 6.58. The second kappa shape index (κ2) is 4.33. The number of benzene rings is 1. The molecule has 0 radical (unpaired) electrons. The van der Waals surface area contributed by atoms with Crippen LogP contribution in [0.4, 0.5) is 0 Å². The Balaban J connectivity index is 1.80. The van der Waals surface area contributed by atoms with Crippen LogP contribution < -0.4 is 0 Å². The highest BCUT2D eigenvalue weighted by Crippen LogP contribution is 2.40. The fourth-order valence-corrected chi connectivity index (χ4v) is 3.39. The normalized spacial score (nSPS) is 27.2. The lowest BCUT2D eigenvalue weighted by atomic mass is 10.0. The molecule has 1 amide bonds. The molecule has 1 saturated heterocycles. The molecular formula is C12H13NO3S. The van der Waals surface area contributed by atoms with Gasteiger partial charge in [-0.1, -0.05) is 18.2 Å².